The van der Waals surface area contributed by atoms with Crippen LogP contribution in [0, 0.1) is 11.6 Å². The molecule has 1 atom stereocenters. The minimum atomic E-state index is -0.982. The average Bonchev–Trinajstić information content (AvgIpc) is 2.99. The summed E-state index contributed by atoms with van der Waals surface area (Å²) in [5.74, 6) is -1.87. The number of likely N-dealkylation sites (N-methyl/N-ethyl adjacent to an activating group) is 1. The fourth-order valence-corrected chi connectivity index (χ4v) is 2.84. The largest absolute Gasteiger partial charge is 0.388 e. The number of thiophene rings is 1. The van der Waals surface area contributed by atoms with E-state index < -0.39 is 17.7 Å². The van der Waals surface area contributed by atoms with Gasteiger partial charge in [-0.3, -0.25) is 0 Å². The highest BCUT2D eigenvalue weighted by Gasteiger charge is 2.16. The lowest BCUT2D eigenvalue weighted by atomic mass is 10.1. The second-order valence-electron chi connectivity index (χ2n) is 5.08. The Balaban J connectivity index is 1.80. The quantitative estimate of drug-likeness (QED) is 0.844. The van der Waals surface area contributed by atoms with Crippen molar-refractivity contribution in [1.29, 1.82) is 0 Å². The molecule has 0 fully saturated rings. The first-order valence-corrected chi connectivity index (χ1v) is 7.79. The molecule has 21 heavy (non-hydrogen) atoms. The van der Waals surface area contributed by atoms with Crippen LogP contribution in [0.4, 0.5) is 8.78 Å². The fourth-order valence-electron chi connectivity index (χ4n) is 2.14. The van der Waals surface area contributed by atoms with E-state index in [1.165, 1.54) is 17.0 Å². The molecule has 0 saturated carbocycles. The monoisotopic (exact) mass is 311 g/mol. The molecule has 0 aliphatic heterocycles. The van der Waals surface area contributed by atoms with Gasteiger partial charge in [0.1, 0.15) is 0 Å². The zero-order chi connectivity index (χ0) is 15.2. The van der Waals surface area contributed by atoms with Gasteiger partial charge in [0.25, 0.3) is 0 Å². The van der Waals surface area contributed by atoms with E-state index in [9.17, 15) is 13.9 Å². The Morgan fingerprint density at radius 2 is 2.00 bits per heavy atom. The second-order valence-corrected chi connectivity index (χ2v) is 6.11. The Morgan fingerprint density at radius 1 is 1.19 bits per heavy atom. The molecule has 1 heterocycles. The molecule has 2 rings (SSSR count). The van der Waals surface area contributed by atoms with E-state index in [0.717, 1.165) is 19.0 Å². The first-order chi connectivity index (χ1) is 10.1. The van der Waals surface area contributed by atoms with Gasteiger partial charge in [-0.05, 0) is 37.4 Å². The maximum absolute atomic E-state index is 13.6. The minimum absolute atomic E-state index is 0.0293. The first-order valence-electron chi connectivity index (χ1n) is 6.91. The summed E-state index contributed by atoms with van der Waals surface area (Å²) in [4.78, 5) is 3.40. The molecule has 0 spiro atoms. The SMILES string of the molecule is CN(CCc1cccs1)CCC(O)c1cccc(F)c1F. The van der Waals surface area contributed by atoms with Gasteiger partial charge in [-0.1, -0.05) is 18.2 Å². The summed E-state index contributed by atoms with van der Waals surface area (Å²) in [6.45, 7) is 1.50. The van der Waals surface area contributed by atoms with Crippen molar-refractivity contribution in [2.45, 2.75) is 18.9 Å². The van der Waals surface area contributed by atoms with Gasteiger partial charge in [0.15, 0.2) is 11.6 Å². The highest BCUT2D eigenvalue weighted by atomic mass is 32.1. The Morgan fingerprint density at radius 3 is 2.71 bits per heavy atom. The number of halogens is 2. The van der Waals surface area contributed by atoms with Crippen molar-refractivity contribution in [2.24, 2.45) is 0 Å². The number of nitrogens with zero attached hydrogens (tertiary/aromatic N) is 1. The lowest BCUT2D eigenvalue weighted by molar-refractivity contribution is 0.144. The summed E-state index contributed by atoms with van der Waals surface area (Å²) in [7, 11) is 1.96. The molecule has 2 nitrogen and oxygen atoms in total. The molecule has 1 aromatic carbocycles. The average molecular weight is 311 g/mol. The van der Waals surface area contributed by atoms with Gasteiger partial charge in [0.2, 0.25) is 0 Å². The van der Waals surface area contributed by atoms with Crippen molar-refractivity contribution >= 4 is 11.3 Å². The zero-order valence-electron chi connectivity index (χ0n) is 11.9. The number of aliphatic hydroxyl groups is 1. The lowest BCUT2D eigenvalue weighted by Crippen LogP contribution is -2.24. The van der Waals surface area contributed by atoms with Gasteiger partial charge in [-0.25, -0.2) is 8.78 Å². The van der Waals surface area contributed by atoms with Crippen LogP contribution in [0.2, 0.25) is 0 Å². The standard InChI is InChI=1S/C16H19F2NOS/c1-19(9-7-12-4-3-11-21-12)10-8-15(20)13-5-2-6-14(17)16(13)18/h2-6,11,15,20H,7-10H2,1H3. The summed E-state index contributed by atoms with van der Waals surface area (Å²) >= 11 is 1.72. The summed E-state index contributed by atoms with van der Waals surface area (Å²) in [6, 6.07) is 8.01. The normalized spacial score (nSPS) is 12.8. The summed E-state index contributed by atoms with van der Waals surface area (Å²) < 4.78 is 26.7. The molecule has 1 N–H and O–H groups in total. The minimum Gasteiger partial charge on any atom is -0.388 e. The molecular formula is C16H19F2NOS. The summed E-state index contributed by atoms with van der Waals surface area (Å²) in [6.07, 6.45) is 0.352. The highest BCUT2D eigenvalue weighted by molar-refractivity contribution is 7.09. The van der Waals surface area contributed by atoms with Crippen LogP contribution in [0.5, 0.6) is 0 Å². The van der Waals surface area contributed by atoms with E-state index in [-0.39, 0.29) is 5.56 Å². The van der Waals surface area contributed by atoms with Crippen LogP contribution >= 0.6 is 11.3 Å². The molecule has 1 aromatic heterocycles. The van der Waals surface area contributed by atoms with Crippen LogP contribution < -0.4 is 0 Å². The molecule has 0 radical (unpaired) electrons. The smallest absolute Gasteiger partial charge is 0.164 e. The van der Waals surface area contributed by atoms with Gasteiger partial charge < -0.3 is 10.0 Å². The van der Waals surface area contributed by atoms with Crippen molar-refractivity contribution in [1.82, 2.24) is 4.90 Å². The van der Waals surface area contributed by atoms with Gasteiger partial charge in [0.05, 0.1) is 6.10 Å². The Bertz CT molecular complexity index is 559. The van der Waals surface area contributed by atoms with Crippen molar-refractivity contribution in [2.75, 3.05) is 20.1 Å². The van der Waals surface area contributed by atoms with E-state index in [0.29, 0.717) is 13.0 Å². The second kappa shape index (κ2) is 7.64. The van der Waals surface area contributed by atoms with Gasteiger partial charge in [-0.15, -0.1) is 11.3 Å². The van der Waals surface area contributed by atoms with Crippen LogP contribution in [0.25, 0.3) is 0 Å². The van der Waals surface area contributed by atoms with Crippen LogP contribution in [0.1, 0.15) is 23.0 Å². The maximum Gasteiger partial charge on any atom is 0.164 e. The Kier molecular flexibility index (Phi) is 5.85. The third-order valence-corrected chi connectivity index (χ3v) is 4.38. The summed E-state index contributed by atoms with van der Waals surface area (Å²) in [5, 5.41) is 12.0. The maximum atomic E-state index is 13.6. The number of hydrogen-bond acceptors (Lipinski definition) is 3. The summed E-state index contributed by atoms with van der Waals surface area (Å²) in [5.41, 5.74) is 0.0293. The third-order valence-electron chi connectivity index (χ3n) is 3.44. The molecule has 1 unspecified atom stereocenters. The highest BCUT2D eigenvalue weighted by Crippen LogP contribution is 2.22. The van der Waals surface area contributed by atoms with E-state index in [4.69, 9.17) is 0 Å². The van der Waals surface area contributed by atoms with E-state index in [2.05, 4.69) is 11.0 Å². The number of rotatable bonds is 7. The molecule has 5 heteroatoms. The van der Waals surface area contributed by atoms with Crippen LogP contribution in [-0.2, 0) is 6.42 Å². The van der Waals surface area contributed by atoms with Crippen molar-refractivity contribution in [3.63, 3.8) is 0 Å². The molecule has 114 valence electrons. The molecule has 2 aromatic rings. The number of aliphatic hydroxyl groups excluding tert-OH is 1. The van der Waals surface area contributed by atoms with Gasteiger partial charge in [-0.2, -0.15) is 0 Å². The number of hydrogen-bond donors (Lipinski definition) is 1. The molecule has 0 aliphatic carbocycles. The Labute approximate surface area is 127 Å². The van der Waals surface area contributed by atoms with Crippen molar-refractivity contribution < 1.29 is 13.9 Å². The lowest BCUT2D eigenvalue weighted by Gasteiger charge is -2.19. The van der Waals surface area contributed by atoms with Gasteiger partial charge >= 0.3 is 0 Å². The molecule has 0 bridgehead atoms. The van der Waals surface area contributed by atoms with Crippen LogP contribution in [0.3, 0.4) is 0 Å². The van der Waals surface area contributed by atoms with E-state index >= 15 is 0 Å². The third kappa shape index (κ3) is 4.59. The first kappa shape index (κ1) is 16.1. The molecule has 0 amide bonds. The zero-order valence-corrected chi connectivity index (χ0v) is 12.7. The van der Waals surface area contributed by atoms with E-state index in [1.54, 1.807) is 11.3 Å². The number of benzene rings is 1. The van der Waals surface area contributed by atoms with Crippen LogP contribution in [0.15, 0.2) is 35.7 Å². The Hall–Kier alpha value is -1.30. The van der Waals surface area contributed by atoms with Gasteiger partial charge in [0, 0.05) is 23.5 Å². The molecule has 0 saturated heterocycles. The van der Waals surface area contributed by atoms with E-state index in [1.807, 2.05) is 18.5 Å². The molecular weight excluding hydrogens is 292 g/mol. The predicted molar refractivity (Wildman–Crippen MR) is 81.5 cm³/mol. The van der Waals surface area contributed by atoms with Crippen LogP contribution in [-0.4, -0.2) is 30.1 Å². The van der Waals surface area contributed by atoms with Crippen molar-refractivity contribution in [3.8, 4) is 0 Å². The predicted octanol–water partition coefficient (Wildman–Crippen LogP) is 3.62. The van der Waals surface area contributed by atoms with Crippen molar-refractivity contribution in [3.05, 3.63) is 57.8 Å². The topological polar surface area (TPSA) is 23.5 Å². The molecule has 0 aliphatic rings. The fraction of sp³-hybridized carbons (Fsp3) is 0.375.